The van der Waals surface area contributed by atoms with Gasteiger partial charge in [0.25, 0.3) is 0 Å². The van der Waals surface area contributed by atoms with E-state index in [0.29, 0.717) is 5.41 Å². The van der Waals surface area contributed by atoms with Crippen LogP contribution in [0.1, 0.15) is 72.1 Å². The van der Waals surface area contributed by atoms with Crippen molar-refractivity contribution >= 4 is 0 Å². The summed E-state index contributed by atoms with van der Waals surface area (Å²) in [5.74, 6) is 3.18. The maximum atomic E-state index is 2.46. The molecule has 1 unspecified atom stereocenters. The van der Waals surface area contributed by atoms with Gasteiger partial charge >= 0.3 is 0 Å². The monoisotopic (exact) mass is 208 g/mol. The topological polar surface area (TPSA) is 0 Å². The molecule has 0 bridgehead atoms. The van der Waals surface area contributed by atoms with E-state index in [1.54, 1.807) is 0 Å². The van der Waals surface area contributed by atoms with Gasteiger partial charge < -0.3 is 0 Å². The molecule has 88 valence electrons. The molecule has 0 heteroatoms. The van der Waals surface area contributed by atoms with Crippen molar-refractivity contribution in [3.63, 3.8) is 0 Å². The molecule has 2 atom stereocenters. The molecule has 2 aliphatic rings. The van der Waals surface area contributed by atoms with Crippen LogP contribution in [0.2, 0.25) is 0 Å². The Morgan fingerprint density at radius 1 is 0.733 bits per heavy atom. The molecule has 0 aromatic heterocycles. The number of rotatable bonds is 1. The Kier molecular flexibility index (Phi) is 3.42. The Hall–Kier alpha value is 0. The van der Waals surface area contributed by atoms with E-state index in [1.807, 2.05) is 0 Å². The predicted octanol–water partition coefficient (Wildman–Crippen LogP) is 5.03. The van der Waals surface area contributed by atoms with Gasteiger partial charge in [0.2, 0.25) is 0 Å². The summed E-state index contributed by atoms with van der Waals surface area (Å²) in [4.78, 5) is 0. The summed E-state index contributed by atoms with van der Waals surface area (Å²) in [7, 11) is 0. The fraction of sp³-hybridized carbons (Fsp3) is 1.00. The Balaban J connectivity index is 2.00. The lowest BCUT2D eigenvalue weighted by atomic mass is 9.67. The molecule has 2 saturated carbocycles. The van der Waals surface area contributed by atoms with E-state index in [2.05, 4.69) is 20.8 Å². The molecule has 0 aliphatic heterocycles. The Morgan fingerprint density at radius 3 is 2.00 bits per heavy atom. The van der Waals surface area contributed by atoms with Gasteiger partial charge in [-0.05, 0) is 36.0 Å². The lowest BCUT2D eigenvalue weighted by Crippen LogP contribution is -2.30. The first-order chi connectivity index (χ1) is 7.09. The van der Waals surface area contributed by atoms with Gasteiger partial charge in [-0.2, -0.15) is 0 Å². The van der Waals surface area contributed by atoms with E-state index in [4.69, 9.17) is 0 Å². The zero-order valence-corrected chi connectivity index (χ0v) is 10.9. The molecule has 2 fully saturated rings. The molecular formula is C15H28. The molecule has 2 aliphatic carbocycles. The average molecular weight is 208 g/mol. The molecule has 0 spiro atoms. The van der Waals surface area contributed by atoms with Crippen LogP contribution in [-0.4, -0.2) is 0 Å². The van der Waals surface area contributed by atoms with E-state index in [1.165, 1.54) is 51.4 Å². The third-order valence-electron chi connectivity index (χ3n) is 4.94. The SMILES string of the molecule is CC(C)(C)C1CCC[C@@H]1C1CCCCC1. The summed E-state index contributed by atoms with van der Waals surface area (Å²) in [5.41, 5.74) is 0.554. The van der Waals surface area contributed by atoms with Gasteiger partial charge in [-0.15, -0.1) is 0 Å². The minimum Gasteiger partial charge on any atom is -0.0599 e. The fourth-order valence-corrected chi connectivity index (χ4v) is 4.19. The molecule has 0 heterocycles. The van der Waals surface area contributed by atoms with Gasteiger partial charge in [0.1, 0.15) is 0 Å². The second-order valence-corrected chi connectivity index (χ2v) is 6.97. The average Bonchev–Trinajstić information content (AvgIpc) is 2.67. The molecule has 0 aromatic carbocycles. The van der Waals surface area contributed by atoms with Crippen molar-refractivity contribution in [3.8, 4) is 0 Å². The third-order valence-corrected chi connectivity index (χ3v) is 4.94. The molecule has 15 heavy (non-hydrogen) atoms. The lowest BCUT2D eigenvalue weighted by Gasteiger charge is -2.38. The smallest absolute Gasteiger partial charge is 0.0334 e. The molecule has 0 saturated heterocycles. The normalized spacial score (nSPS) is 34.6. The highest BCUT2D eigenvalue weighted by Gasteiger charge is 2.39. The van der Waals surface area contributed by atoms with Gasteiger partial charge in [-0.3, -0.25) is 0 Å². The van der Waals surface area contributed by atoms with Crippen LogP contribution in [0.25, 0.3) is 0 Å². The highest BCUT2D eigenvalue weighted by atomic mass is 14.4. The highest BCUT2D eigenvalue weighted by molar-refractivity contribution is 4.89. The molecule has 0 aromatic rings. The molecule has 2 rings (SSSR count). The van der Waals surface area contributed by atoms with E-state index in [-0.39, 0.29) is 0 Å². The standard InChI is InChI=1S/C15H28/c1-15(2,3)14-11-7-10-13(14)12-8-5-4-6-9-12/h12-14H,4-11H2,1-3H3/t13-,14?/m1/s1. The molecule has 0 radical (unpaired) electrons. The largest absolute Gasteiger partial charge is 0.0599 e. The van der Waals surface area contributed by atoms with Crippen molar-refractivity contribution < 1.29 is 0 Å². The number of hydrogen-bond donors (Lipinski definition) is 0. The van der Waals surface area contributed by atoms with Crippen LogP contribution in [0.4, 0.5) is 0 Å². The first-order valence-corrected chi connectivity index (χ1v) is 7.09. The fourth-order valence-electron chi connectivity index (χ4n) is 4.19. The van der Waals surface area contributed by atoms with Crippen LogP contribution < -0.4 is 0 Å². The van der Waals surface area contributed by atoms with Crippen molar-refractivity contribution in [2.24, 2.45) is 23.2 Å². The van der Waals surface area contributed by atoms with Gasteiger partial charge in [-0.25, -0.2) is 0 Å². The van der Waals surface area contributed by atoms with Crippen LogP contribution >= 0.6 is 0 Å². The zero-order chi connectivity index (χ0) is 10.9. The molecule has 0 nitrogen and oxygen atoms in total. The summed E-state index contributed by atoms with van der Waals surface area (Å²) in [6.07, 6.45) is 12.1. The summed E-state index contributed by atoms with van der Waals surface area (Å²) >= 11 is 0. The van der Waals surface area contributed by atoms with Crippen LogP contribution in [0.5, 0.6) is 0 Å². The summed E-state index contributed by atoms with van der Waals surface area (Å²) < 4.78 is 0. The van der Waals surface area contributed by atoms with Crippen LogP contribution in [0.3, 0.4) is 0 Å². The zero-order valence-electron chi connectivity index (χ0n) is 10.9. The maximum Gasteiger partial charge on any atom is -0.0334 e. The van der Waals surface area contributed by atoms with Gasteiger partial charge in [-0.1, -0.05) is 59.3 Å². The second kappa shape index (κ2) is 4.47. The molecule has 0 amide bonds. The van der Waals surface area contributed by atoms with Crippen molar-refractivity contribution in [2.75, 3.05) is 0 Å². The van der Waals surface area contributed by atoms with Crippen molar-refractivity contribution in [1.82, 2.24) is 0 Å². The van der Waals surface area contributed by atoms with Crippen molar-refractivity contribution in [2.45, 2.75) is 72.1 Å². The quantitative estimate of drug-likeness (QED) is 0.567. The molecular weight excluding hydrogens is 180 g/mol. The lowest BCUT2D eigenvalue weighted by molar-refractivity contribution is 0.116. The Morgan fingerprint density at radius 2 is 1.40 bits per heavy atom. The van der Waals surface area contributed by atoms with Gasteiger partial charge in [0, 0.05) is 0 Å². The molecule has 0 N–H and O–H groups in total. The third kappa shape index (κ3) is 2.57. The Labute approximate surface area is 95.8 Å². The van der Waals surface area contributed by atoms with E-state index < -0.39 is 0 Å². The number of hydrogen-bond acceptors (Lipinski definition) is 0. The van der Waals surface area contributed by atoms with E-state index in [9.17, 15) is 0 Å². The maximum absolute atomic E-state index is 2.46. The van der Waals surface area contributed by atoms with Crippen LogP contribution in [-0.2, 0) is 0 Å². The minimum atomic E-state index is 0.554. The van der Waals surface area contributed by atoms with E-state index >= 15 is 0 Å². The minimum absolute atomic E-state index is 0.554. The second-order valence-electron chi connectivity index (χ2n) is 6.97. The summed E-state index contributed by atoms with van der Waals surface area (Å²) in [6, 6.07) is 0. The summed E-state index contributed by atoms with van der Waals surface area (Å²) in [5, 5.41) is 0. The first kappa shape index (κ1) is 11.5. The summed E-state index contributed by atoms with van der Waals surface area (Å²) in [6.45, 7) is 7.37. The first-order valence-electron chi connectivity index (χ1n) is 7.09. The predicted molar refractivity (Wildman–Crippen MR) is 66.9 cm³/mol. The van der Waals surface area contributed by atoms with Crippen molar-refractivity contribution in [1.29, 1.82) is 0 Å². The highest BCUT2D eigenvalue weighted by Crippen LogP contribution is 2.49. The van der Waals surface area contributed by atoms with Crippen LogP contribution in [0.15, 0.2) is 0 Å². The van der Waals surface area contributed by atoms with Crippen LogP contribution in [0, 0.1) is 23.2 Å². The van der Waals surface area contributed by atoms with Gasteiger partial charge in [0.05, 0.1) is 0 Å². The Bertz CT molecular complexity index is 193. The van der Waals surface area contributed by atoms with Crippen molar-refractivity contribution in [3.05, 3.63) is 0 Å². The van der Waals surface area contributed by atoms with E-state index in [0.717, 1.165) is 17.8 Å². The van der Waals surface area contributed by atoms with Gasteiger partial charge in [0.15, 0.2) is 0 Å².